The summed E-state index contributed by atoms with van der Waals surface area (Å²) in [6.45, 7) is 0. The number of hydrogen-bond acceptors (Lipinski definition) is 4. The number of carbonyl (C=O) groups is 1. The van der Waals surface area contributed by atoms with E-state index < -0.39 is 0 Å². The van der Waals surface area contributed by atoms with Gasteiger partial charge in [-0.25, -0.2) is 9.37 Å². The molecule has 0 bridgehead atoms. The monoisotopic (exact) mass is 267 g/mol. The molecule has 0 amide bonds. The molecule has 88 valence electrons. The summed E-state index contributed by atoms with van der Waals surface area (Å²) >= 11 is 2.90. The van der Waals surface area contributed by atoms with Crippen molar-refractivity contribution in [1.29, 1.82) is 0 Å². The number of thioether (sulfide) groups is 1. The van der Waals surface area contributed by atoms with Gasteiger partial charge in [0.05, 0.1) is 17.2 Å². The van der Waals surface area contributed by atoms with Crippen LogP contribution in [-0.4, -0.2) is 16.5 Å². The molecule has 2 nitrogen and oxygen atoms in total. The maximum Gasteiger partial charge on any atom is 0.149 e. The van der Waals surface area contributed by atoms with Crippen molar-refractivity contribution in [2.45, 2.75) is 11.3 Å². The van der Waals surface area contributed by atoms with Crippen molar-refractivity contribution in [3.05, 3.63) is 46.7 Å². The molecule has 0 aliphatic heterocycles. The van der Waals surface area contributed by atoms with Crippen molar-refractivity contribution in [3.8, 4) is 0 Å². The highest BCUT2D eigenvalue weighted by atomic mass is 32.2. The molecular weight excluding hydrogens is 257 g/mol. The van der Waals surface area contributed by atoms with Gasteiger partial charge in [0, 0.05) is 16.5 Å². The normalized spacial score (nSPS) is 10.4. The van der Waals surface area contributed by atoms with Gasteiger partial charge in [0.1, 0.15) is 11.6 Å². The predicted octanol–water partition coefficient (Wildman–Crippen LogP) is 3.19. The number of halogens is 1. The summed E-state index contributed by atoms with van der Waals surface area (Å²) in [4.78, 5) is 16.6. The Labute approximate surface area is 107 Å². The number of rotatable bonds is 5. The van der Waals surface area contributed by atoms with Gasteiger partial charge in [-0.1, -0.05) is 0 Å². The summed E-state index contributed by atoms with van der Waals surface area (Å²) < 4.78 is 12.7. The van der Waals surface area contributed by atoms with Crippen LogP contribution in [0.25, 0.3) is 0 Å². The number of carbonyl (C=O) groups excluding carboxylic acids is 1. The molecule has 0 aliphatic carbocycles. The first kappa shape index (κ1) is 12.3. The van der Waals surface area contributed by atoms with Crippen LogP contribution < -0.4 is 0 Å². The molecule has 0 saturated heterocycles. The molecular formula is C12H10FNOS2. The van der Waals surface area contributed by atoms with Gasteiger partial charge in [-0.15, -0.1) is 23.1 Å². The minimum atomic E-state index is -0.261. The Balaban J connectivity index is 1.82. The molecule has 5 heteroatoms. The second-order valence-electron chi connectivity index (χ2n) is 3.38. The molecule has 17 heavy (non-hydrogen) atoms. The Hall–Kier alpha value is -1.20. The molecule has 0 aliphatic rings. The number of ketones is 1. The zero-order valence-corrected chi connectivity index (χ0v) is 10.6. The Bertz CT molecular complexity index is 482. The first-order valence-corrected chi connectivity index (χ1v) is 6.89. The molecule has 1 heterocycles. The van der Waals surface area contributed by atoms with Gasteiger partial charge in [0.25, 0.3) is 0 Å². The fourth-order valence-corrected chi connectivity index (χ4v) is 2.66. The van der Waals surface area contributed by atoms with E-state index in [2.05, 4.69) is 4.98 Å². The Morgan fingerprint density at radius 2 is 2.12 bits per heavy atom. The quantitative estimate of drug-likeness (QED) is 0.779. The molecule has 0 saturated carbocycles. The van der Waals surface area contributed by atoms with E-state index in [9.17, 15) is 9.18 Å². The van der Waals surface area contributed by atoms with Crippen LogP contribution in [0.15, 0.2) is 40.7 Å². The molecule has 0 radical (unpaired) electrons. The third-order valence-electron chi connectivity index (χ3n) is 2.05. The lowest BCUT2D eigenvalue weighted by Crippen LogP contribution is -2.05. The Morgan fingerprint density at radius 3 is 2.76 bits per heavy atom. The van der Waals surface area contributed by atoms with Crippen molar-refractivity contribution < 1.29 is 9.18 Å². The topological polar surface area (TPSA) is 30.0 Å². The van der Waals surface area contributed by atoms with E-state index in [0.29, 0.717) is 12.2 Å². The van der Waals surface area contributed by atoms with Gasteiger partial charge in [-0.3, -0.25) is 4.79 Å². The summed E-state index contributed by atoms with van der Waals surface area (Å²) in [5, 5.41) is 2.70. The standard InChI is InChI=1S/C12H10FNOS2/c13-9-1-3-11(4-2-9)17-8-10(15)7-12-14-5-6-16-12/h1-6H,7-8H2. The van der Waals surface area contributed by atoms with E-state index in [0.717, 1.165) is 9.90 Å². The van der Waals surface area contributed by atoms with E-state index in [4.69, 9.17) is 0 Å². The second-order valence-corrected chi connectivity index (χ2v) is 5.41. The van der Waals surface area contributed by atoms with Crippen molar-refractivity contribution in [3.63, 3.8) is 0 Å². The number of aromatic nitrogens is 1. The highest BCUT2D eigenvalue weighted by Gasteiger charge is 2.06. The molecule has 2 aromatic rings. The van der Waals surface area contributed by atoms with Gasteiger partial charge in [0.2, 0.25) is 0 Å². The smallest absolute Gasteiger partial charge is 0.149 e. The van der Waals surface area contributed by atoms with Crippen LogP contribution in [0.5, 0.6) is 0 Å². The van der Waals surface area contributed by atoms with Crippen LogP contribution in [-0.2, 0) is 11.2 Å². The van der Waals surface area contributed by atoms with E-state index in [-0.39, 0.29) is 11.6 Å². The number of nitrogens with zero attached hydrogens (tertiary/aromatic N) is 1. The molecule has 1 aromatic heterocycles. The zero-order chi connectivity index (χ0) is 12.1. The largest absolute Gasteiger partial charge is 0.298 e. The first-order valence-electron chi connectivity index (χ1n) is 5.02. The van der Waals surface area contributed by atoms with Crippen LogP contribution in [0.2, 0.25) is 0 Å². The van der Waals surface area contributed by atoms with Gasteiger partial charge >= 0.3 is 0 Å². The fraction of sp³-hybridized carbons (Fsp3) is 0.167. The number of thiazole rings is 1. The number of Topliss-reactive ketones (excluding diaryl/α,β-unsaturated/α-hetero) is 1. The third kappa shape index (κ3) is 3.94. The van der Waals surface area contributed by atoms with Crippen LogP contribution in [0.4, 0.5) is 4.39 Å². The highest BCUT2D eigenvalue weighted by molar-refractivity contribution is 8.00. The van der Waals surface area contributed by atoms with Crippen LogP contribution >= 0.6 is 23.1 Å². The van der Waals surface area contributed by atoms with E-state index >= 15 is 0 Å². The van der Waals surface area contributed by atoms with Crippen molar-refractivity contribution in [2.24, 2.45) is 0 Å². The predicted molar refractivity (Wildman–Crippen MR) is 67.9 cm³/mol. The Kier molecular flexibility index (Phi) is 4.28. The summed E-state index contributed by atoms with van der Waals surface area (Å²) in [6.07, 6.45) is 2.08. The molecule has 0 spiro atoms. The van der Waals surface area contributed by atoms with E-state index in [1.165, 1.54) is 35.2 Å². The average molecular weight is 267 g/mol. The minimum Gasteiger partial charge on any atom is -0.298 e. The highest BCUT2D eigenvalue weighted by Crippen LogP contribution is 2.18. The van der Waals surface area contributed by atoms with Gasteiger partial charge in [0.15, 0.2) is 0 Å². The maximum atomic E-state index is 12.7. The number of hydrogen-bond donors (Lipinski definition) is 0. The molecule has 0 fully saturated rings. The summed E-state index contributed by atoms with van der Waals surface area (Å²) in [6, 6.07) is 6.15. The minimum absolute atomic E-state index is 0.134. The fourth-order valence-electron chi connectivity index (χ4n) is 1.25. The van der Waals surface area contributed by atoms with Crippen molar-refractivity contribution in [2.75, 3.05) is 5.75 Å². The lowest BCUT2D eigenvalue weighted by atomic mass is 10.3. The Morgan fingerprint density at radius 1 is 1.35 bits per heavy atom. The SMILES string of the molecule is O=C(CSc1ccc(F)cc1)Cc1nccs1. The number of benzene rings is 1. The summed E-state index contributed by atoms with van der Waals surface area (Å²) in [5.41, 5.74) is 0. The van der Waals surface area contributed by atoms with Gasteiger partial charge in [-0.05, 0) is 24.3 Å². The molecule has 0 atom stereocenters. The summed E-state index contributed by atoms with van der Waals surface area (Å²) in [7, 11) is 0. The van der Waals surface area contributed by atoms with Crippen LogP contribution in [0, 0.1) is 5.82 Å². The van der Waals surface area contributed by atoms with Gasteiger partial charge < -0.3 is 0 Å². The molecule has 0 N–H and O–H groups in total. The third-order valence-corrected chi connectivity index (χ3v) is 3.90. The lowest BCUT2D eigenvalue weighted by molar-refractivity contribution is -0.116. The van der Waals surface area contributed by atoms with Crippen molar-refractivity contribution in [1.82, 2.24) is 4.98 Å². The molecule has 2 rings (SSSR count). The summed E-state index contributed by atoms with van der Waals surface area (Å²) in [5.74, 6) is 0.267. The maximum absolute atomic E-state index is 12.7. The van der Waals surface area contributed by atoms with Crippen LogP contribution in [0.1, 0.15) is 5.01 Å². The van der Waals surface area contributed by atoms with Gasteiger partial charge in [-0.2, -0.15) is 0 Å². The zero-order valence-electron chi connectivity index (χ0n) is 8.93. The second kappa shape index (κ2) is 5.93. The average Bonchev–Trinajstić information content (AvgIpc) is 2.81. The van der Waals surface area contributed by atoms with E-state index in [1.807, 2.05) is 5.38 Å². The van der Waals surface area contributed by atoms with E-state index in [1.54, 1.807) is 18.3 Å². The van der Waals surface area contributed by atoms with Crippen molar-refractivity contribution >= 4 is 28.9 Å². The first-order chi connectivity index (χ1) is 8.24. The lowest BCUT2D eigenvalue weighted by Gasteiger charge is -2.00. The molecule has 0 unspecified atom stereocenters. The van der Waals surface area contributed by atoms with Crippen LogP contribution in [0.3, 0.4) is 0 Å². The molecule has 1 aromatic carbocycles.